The predicted octanol–water partition coefficient (Wildman–Crippen LogP) is 4.19. The smallest absolute Gasteiger partial charge is 0.271 e. The average molecular weight is 446 g/mol. The Labute approximate surface area is 181 Å². The van der Waals surface area contributed by atoms with Crippen LogP contribution in [0, 0.1) is 10.1 Å². The van der Waals surface area contributed by atoms with Gasteiger partial charge in [0.1, 0.15) is 5.75 Å². The quantitative estimate of drug-likeness (QED) is 0.286. The molecule has 0 spiro atoms. The van der Waals surface area contributed by atoms with E-state index >= 15 is 0 Å². The summed E-state index contributed by atoms with van der Waals surface area (Å²) in [4.78, 5) is 23.0. The minimum Gasteiger partial charge on any atom is -0.495 e. The van der Waals surface area contributed by atoms with Crippen molar-refractivity contribution in [3.05, 3.63) is 64.2 Å². The number of anilines is 2. The number of aromatic nitrogens is 2. The zero-order valence-corrected chi connectivity index (χ0v) is 17.8. The number of hydrogen-bond acceptors (Lipinski definition) is 9. The van der Waals surface area contributed by atoms with E-state index in [2.05, 4.69) is 20.8 Å². The fourth-order valence-corrected chi connectivity index (χ4v) is 4.34. The summed E-state index contributed by atoms with van der Waals surface area (Å²) >= 11 is 2.61. The minimum atomic E-state index is -0.529. The first kappa shape index (κ1) is 21.5. The van der Waals surface area contributed by atoms with Gasteiger partial charge in [0.25, 0.3) is 5.69 Å². The fraction of sp³-hybridized carbons (Fsp3) is 0.211. The lowest BCUT2D eigenvalue weighted by Gasteiger charge is -2.13. The van der Waals surface area contributed by atoms with Crippen LogP contribution in [-0.2, 0) is 11.3 Å². The molecule has 1 atom stereocenters. The molecule has 30 heavy (non-hydrogen) atoms. The largest absolute Gasteiger partial charge is 0.495 e. The van der Waals surface area contributed by atoms with E-state index in [1.165, 1.54) is 48.4 Å². The van der Waals surface area contributed by atoms with Gasteiger partial charge in [-0.2, -0.15) is 0 Å². The van der Waals surface area contributed by atoms with Crippen molar-refractivity contribution in [3.63, 3.8) is 0 Å². The molecule has 9 nitrogen and oxygen atoms in total. The van der Waals surface area contributed by atoms with Crippen LogP contribution in [0.4, 0.5) is 16.5 Å². The molecule has 11 heteroatoms. The topological polar surface area (TPSA) is 119 Å². The Hall–Kier alpha value is -3.18. The monoisotopic (exact) mass is 445 g/mol. The number of nitro benzene ring substituents is 1. The Kier molecular flexibility index (Phi) is 7.20. The number of amides is 1. The number of nitro groups is 1. The molecule has 2 aromatic carbocycles. The number of rotatable bonds is 9. The van der Waals surface area contributed by atoms with Gasteiger partial charge in [-0.15, -0.1) is 10.2 Å². The van der Waals surface area contributed by atoms with E-state index in [1.54, 1.807) is 6.92 Å². The summed E-state index contributed by atoms with van der Waals surface area (Å²) in [5.74, 6) is 0.0160. The van der Waals surface area contributed by atoms with Crippen LogP contribution in [0.15, 0.2) is 52.9 Å². The molecule has 0 unspecified atom stereocenters. The van der Waals surface area contributed by atoms with Gasteiger partial charge in [0.2, 0.25) is 11.0 Å². The summed E-state index contributed by atoms with van der Waals surface area (Å²) in [6.07, 6.45) is 0. The van der Waals surface area contributed by atoms with E-state index < -0.39 is 10.2 Å². The van der Waals surface area contributed by atoms with Crippen molar-refractivity contribution in [2.24, 2.45) is 0 Å². The van der Waals surface area contributed by atoms with Crippen LogP contribution in [0.3, 0.4) is 0 Å². The second-order valence-electron chi connectivity index (χ2n) is 6.10. The van der Waals surface area contributed by atoms with Crippen LogP contribution in [0.25, 0.3) is 0 Å². The standard InChI is InChI=1S/C19H19N5O4S2/c1-12(17(25)21-15-10-14(24(26)27)8-9-16(15)28-2)29-19-23-22-18(30-19)20-11-13-6-4-3-5-7-13/h3-10,12H,11H2,1-2H3,(H,20,22)(H,21,25)/t12-/m0/s1. The Bertz CT molecular complexity index is 1030. The molecule has 1 amide bonds. The Morgan fingerprint density at radius 1 is 1.27 bits per heavy atom. The maximum Gasteiger partial charge on any atom is 0.271 e. The highest BCUT2D eigenvalue weighted by atomic mass is 32.2. The molecule has 0 fully saturated rings. The van der Waals surface area contributed by atoms with Crippen molar-refractivity contribution in [1.82, 2.24) is 10.2 Å². The van der Waals surface area contributed by atoms with Crippen molar-refractivity contribution in [3.8, 4) is 5.75 Å². The Morgan fingerprint density at radius 3 is 2.73 bits per heavy atom. The van der Waals surface area contributed by atoms with Crippen molar-refractivity contribution < 1.29 is 14.5 Å². The number of carbonyl (C=O) groups excluding carboxylic acids is 1. The van der Waals surface area contributed by atoms with Gasteiger partial charge in [-0.3, -0.25) is 14.9 Å². The molecule has 0 bridgehead atoms. The highest BCUT2D eigenvalue weighted by Gasteiger charge is 2.20. The number of thioether (sulfide) groups is 1. The zero-order chi connectivity index (χ0) is 21.5. The van der Waals surface area contributed by atoms with E-state index in [4.69, 9.17) is 4.74 Å². The minimum absolute atomic E-state index is 0.135. The number of nitrogens with one attached hydrogen (secondary N) is 2. The van der Waals surface area contributed by atoms with Gasteiger partial charge < -0.3 is 15.4 Å². The van der Waals surface area contributed by atoms with Gasteiger partial charge in [-0.1, -0.05) is 53.4 Å². The molecule has 0 aliphatic heterocycles. The number of ether oxygens (including phenoxy) is 1. The lowest BCUT2D eigenvalue weighted by atomic mass is 10.2. The normalized spacial score (nSPS) is 11.5. The van der Waals surface area contributed by atoms with E-state index in [0.717, 1.165) is 5.56 Å². The number of carbonyl (C=O) groups is 1. The molecule has 0 aliphatic carbocycles. The maximum absolute atomic E-state index is 12.6. The molecule has 156 valence electrons. The molecule has 1 aromatic heterocycles. The number of nitrogens with zero attached hydrogens (tertiary/aromatic N) is 3. The molecular weight excluding hydrogens is 426 g/mol. The summed E-state index contributed by atoms with van der Waals surface area (Å²) in [5, 5.41) is 25.2. The SMILES string of the molecule is COc1ccc([N+](=O)[O-])cc1NC(=O)[C@H](C)Sc1nnc(NCc2ccccc2)s1. The van der Waals surface area contributed by atoms with E-state index in [1.807, 2.05) is 30.3 Å². The van der Waals surface area contributed by atoms with Gasteiger partial charge in [0.15, 0.2) is 4.34 Å². The van der Waals surface area contributed by atoms with Gasteiger partial charge in [-0.25, -0.2) is 0 Å². The third-order valence-corrected chi connectivity index (χ3v) is 6.06. The van der Waals surface area contributed by atoms with Crippen molar-refractivity contribution in [2.45, 2.75) is 23.1 Å². The Morgan fingerprint density at radius 2 is 2.03 bits per heavy atom. The van der Waals surface area contributed by atoms with Gasteiger partial charge in [0.05, 0.1) is 23.0 Å². The number of benzene rings is 2. The van der Waals surface area contributed by atoms with Gasteiger partial charge in [-0.05, 0) is 18.6 Å². The molecule has 2 N–H and O–H groups in total. The number of non-ortho nitro benzene ring substituents is 1. The first-order valence-electron chi connectivity index (χ1n) is 8.87. The first-order chi connectivity index (χ1) is 14.5. The third-order valence-electron chi connectivity index (χ3n) is 3.99. The molecule has 0 saturated heterocycles. The van der Waals surface area contributed by atoms with Crippen LogP contribution in [0.1, 0.15) is 12.5 Å². The van der Waals surface area contributed by atoms with Crippen LogP contribution in [0.2, 0.25) is 0 Å². The van der Waals surface area contributed by atoms with E-state index in [0.29, 0.717) is 21.8 Å². The summed E-state index contributed by atoms with van der Waals surface area (Å²) < 4.78 is 5.81. The molecule has 3 aromatic rings. The number of hydrogen-bond donors (Lipinski definition) is 2. The summed E-state index contributed by atoms with van der Waals surface area (Å²) in [6, 6.07) is 13.9. The van der Waals surface area contributed by atoms with Crippen molar-refractivity contribution >= 4 is 45.5 Å². The van der Waals surface area contributed by atoms with E-state index in [9.17, 15) is 14.9 Å². The molecule has 3 rings (SSSR count). The van der Waals surface area contributed by atoms with Crippen molar-refractivity contribution in [1.29, 1.82) is 0 Å². The van der Waals surface area contributed by atoms with E-state index in [-0.39, 0.29) is 17.3 Å². The average Bonchev–Trinajstić information content (AvgIpc) is 3.20. The van der Waals surface area contributed by atoms with Crippen LogP contribution < -0.4 is 15.4 Å². The van der Waals surface area contributed by atoms with Gasteiger partial charge in [0, 0.05) is 18.7 Å². The first-order valence-corrected chi connectivity index (χ1v) is 10.6. The molecule has 0 radical (unpaired) electrons. The van der Waals surface area contributed by atoms with Gasteiger partial charge >= 0.3 is 0 Å². The lowest BCUT2D eigenvalue weighted by molar-refractivity contribution is -0.384. The second-order valence-corrected chi connectivity index (χ2v) is 8.67. The predicted molar refractivity (Wildman–Crippen MR) is 117 cm³/mol. The summed E-state index contributed by atoms with van der Waals surface area (Å²) in [7, 11) is 1.43. The molecular formula is C19H19N5O4S2. The second kappa shape index (κ2) is 10.0. The summed E-state index contributed by atoms with van der Waals surface area (Å²) in [6.45, 7) is 2.35. The maximum atomic E-state index is 12.6. The van der Waals surface area contributed by atoms with Crippen LogP contribution >= 0.6 is 23.1 Å². The number of methoxy groups -OCH3 is 1. The third kappa shape index (κ3) is 5.67. The lowest BCUT2D eigenvalue weighted by Crippen LogP contribution is -2.22. The highest BCUT2D eigenvalue weighted by Crippen LogP contribution is 2.32. The molecule has 0 aliphatic rings. The fourth-order valence-electron chi connectivity index (χ4n) is 2.45. The molecule has 0 saturated carbocycles. The zero-order valence-electron chi connectivity index (χ0n) is 16.2. The van der Waals surface area contributed by atoms with Crippen LogP contribution in [0.5, 0.6) is 5.75 Å². The Balaban J connectivity index is 1.59. The van der Waals surface area contributed by atoms with Crippen LogP contribution in [-0.4, -0.2) is 33.4 Å². The molecule has 1 heterocycles. The summed E-state index contributed by atoms with van der Waals surface area (Å²) in [5.41, 5.74) is 1.23. The highest BCUT2D eigenvalue weighted by molar-refractivity contribution is 8.02. The van der Waals surface area contributed by atoms with Crippen molar-refractivity contribution in [2.75, 3.05) is 17.7 Å².